The summed E-state index contributed by atoms with van der Waals surface area (Å²) in [6.45, 7) is 6.76. The van der Waals surface area contributed by atoms with E-state index >= 15 is 0 Å². The van der Waals surface area contributed by atoms with Crippen molar-refractivity contribution < 1.29 is 18.7 Å². The molecule has 9 heteroatoms. The number of ether oxygens (including phenoxy) is 1. The number of nitrogens with zero attached hydrogens (tertiary/aromatic N) is 3. The summed E-state index contributed by atoms with van der Waals surface area (Å²) in [6, 6.07) is 14.2. The van der Waals surface area contributed by atoms with Crippen molar-refractivity contribution in [2.45, 2.75) is 46.2 Å². The van der Waals surface area contributed by atoms with Crippen LogP contribution in [0.5, 0.6) is 5.75 Å². The van der Waals surface area contributed by atoms with Gasteiger partial charge in [0.15, 0.2) is 0 Å². The summed E-state index contributed by atoms with van der Waals surface area (Å²) in [5.74, 6) is 0.900. The van der Waals surface area contributed by atoms with Gasteiger partial charge >= 0.3 is 0 Å². The Morgan fingerprint density at radius 1 is 1.12 bits per heavy atom. The maximum Gasteiger partial charge on any atom is 0.255 e. The van der Waals surface area contributed by atoms with Crippen molar-refractivity contribution in [1.82, 2.24) is 20.4 Å². The lowest BCUT2D eigenvalue weighted by Crippen LogP contribution is -2.37. The molecule has 0 atom stereocenters. The van der Waals surface area contributed by atoms with Crippen molar-refractivity contribution in [2.24, 2.45) is 0 Å². The summed E-state index contributed by atoms with van der Waals surface area (Å²) in [4.78, 5) is 27.0. The minimum absolute atomic E-state index is 0.0588. The van der Waals surface area contributed by atoms with E-state index in [4.69, 9.17) is 20.8 Å². The van der Waals surface area contributed by atoms with Gasteiger partial charge in [-0.15, -0.1) is 10.2 Å². The molecule has 1 aromatic heterocycles. The second kappa shape index (κ2) is 12.2. The van der Waals surface area contributed by atoms with Gasteiger partial charge in [0.1, 0.15) is 5.75 Å². The molecular formula is C25H29ClN4O4. The zero-order valence-electron chi connectivity index (χ0n) is 19.6. The zero-order valence-corrected chi connectivity index (χ0v) is 20.3. The Kier molecular flexibility index (Phi) is 9.04. The Balaban J connectivity index is 1.53. The molecule has 3 rings (SSSR count). The second-order valence-electron chi connectivity index (χ2n) is 7.88. The van der Waals surface area contributed by atoms with E-state index < -0.39 is 0 Å². The van der Waals surface area contributed by atoms with Gasteiger partial charge in [0.25, 0.3) is 5.91 Å². The normalized spacial score (nSPS) is 10.9. The molecule has 3 aromatic rings. The average Bonchev–Trinajstić information content (AvgIpc) is 3.29. The summed E-state index contributed by atoms with van der Waals surface area (Å²) in [7, 11) is 0. The van der Waals surface area contributed by atoms with Crippen LogP contribution in [-0.2, 0) is 11.3 Å². The summed E-state index contributed by atoms with van der Waals surface area (Å²) in [6.07, 6.45) is 0.774. The van der Waals surface area contributed by atoms with E-state index in [-0.39, 0.29) is 30.8 Å². The predicted octanol–water partition coefficient (Wildman–Crippen LogP) is 4.74. The van der Waals surface area contributed by atoms with Crippen LogP contribution in [0, 0.1) is 0 Å². The number of carbonyl (C=O) groups is 2. The van der Waals surface area contributed by atoms with E-state index in [2.05, 4.69) is 15.5 Å². The van der Waals surface area contributed by atoms with Crippen LogP contribution in [0.25, 0.3) is 11.5 Å². The quantitative estimate of drug-likeness (QED) is 0.395. The highest BCUT2D eigenvalue weighted by atomic mass is 35.5. The van der Waals surface area contributed by atoms with Gasteiger partial charge in [-0.25, -0.2) is 0 Å². The monoisotopic (exact) mass is 484 g/mol. The van der Waals surface area contributed by atoms with Gasteiger partial charge in [-0.3, -0.25) is 9.59 Å². The van der Waals surface area contributed by atoms with Gasteiger partial charge in [-0.05, 0) is 51.5 Å². The highest BCUT2D eigenvalue weighted by Crippen LogP contribution is 2.26. The molecule has 2 aromatic carbocycles. The van der Waals surface area contributed by atoms with Crippen molar-refractivity contribution in [2.75, 3.05) is 13.2 Å². The van der Waals surface area contributed by atoms with Crippen LogP contribution in [0.3, 0.4) is 0 Å². The Hall–Kier alpha value is -3.39. The van der Waals surface area contributed by atoms with Gasteiger partial charge in [0.05, 0.1) is 29.3 Å². The van der Waals surface area contributed by atoms with Gasteiger partial charge < -0.3 is 19.4 Å². The SMILES string of the molecule is CCOc1ccccc1C(=O)NCCCC(=O)N(Cc1nnc(-c2ccccc2Cl)o1)C(C)C. The standard InChI is InChI=1S/C25H29ClN4O4/c1-4-33-21-13-8-6-11-19(21)24(32)27-15-9-14-23(31)30(17(2)3)16-22-28-29-25(34-22)18-10-5-7-12-20(18)26/h5-8,10-13,17H,4,9,14-16H2,1-3H3,(H,27,32). The third-order valence-electron chi connectivity index (χ3n) is 5.10. The highest BCUT2D eigenvalue weighted by molar-refractivity contribution is 6.33. The number of rotatable bonds is 11. The first-order valence-electron chi connectivity index (χ1n) is 11.3. The van der Waals surface area contributed by atoms with E-state index in [0.717, 1.165) is 0 Å². The second-order valence-corrected chi connectivity index (χ2v) is 8.29. The van der Waals surface area contributed by atoms with Crippen LogP contribution in [0.2, 0.25) is 5.02 Å². The molecule has 34 heavy (non-hydrogen) atoms. The molecule has 0 unspecified atom stereocenters. The van der Waals surface area contributed by atoms with Crippen LogP contribution in [0.4, 0.5) is 0 Å². The van der Waals surface area contributed by atoms with E-state index in [1.165, 1.54) is 0 Å². The number of halogens is 1. The molecule has 0 aliphatic carbocycles. The van der Waals surface area contributed by atoms with Crippen molar-refractivity contribution in [3.8, 4) is 17.2 Å². The van der Waals surface area contributed by atoms with E-state index in [1.807, 2.05) is 39.0 Å². The Bertz CT molecular complexity index is 1120. The van der Waals surface area contributed by atoms with Crippen LogP contribution < -0.4 is 10.1 Å². The van der Waals surface area contributed by atoms with Crippen molar-refractivity contribution in [1.29, 1.82) is 0 Å². The zero-order chi connectivity index (χ0) is 24.5. The third kappa shape index (κ3) is 6.57. The number of amides is 2. The number of hydrogen-bond acceptors (Lipinski definition) is 6. The number of carbonyl (C=O) groups excluding carboxylic acids is 2. The minimum atomic E-state index is -0.227. The fourth-order valence-corrected chi connectivity index (χ4v) is 3.60. The fourth-order valence-electron chi connectivity index (χ4n) is 3.38. The molecule has 0 saturated carbocycles. The summed E-state index contributed by atoms with van der Waals surface area (Å²) >= 11 is 6.20. The summed E-state index contributed by atoms with van der Waals surface area (Å²) < 4.78 is 11.3. The van der Waals surface area contributed by atoms with Crippen LogP contribution >= 0.6 is 11.6 Å². The lowest BCUT2D eigenvalue weighted by molar-refractivity contribution is -0.134. The Labute approximate surface area is 204 Å². The lowest BCUT2D eigenvalue weighted by atomic mass is 10.2. The molecule has 0 bridgehead atoms. The van der Waals surface area contributed by atoms with Crippen molar-refractivity contribution in [3.05, 3.63) is 65.0 Å². The predicted molar refractivity (Wildman–Crippen MR) is 130 cm³/mol. The number of hydrogen-bond donors (Lipinski definition) is 1. The first-order chi connectivity index (χ1) is 16.4. The van der Waals surface area contributed by atoms with Gasteiger partial charge in [0, 0.05) is 19.0 Å². The van der Waals surface area contributed by atoms with Crippen molar-refractivity contribution in [3.63, 3.8) is 0 Å². The first-order valence-corrected chi connectivity index (χ1v) is 11.6. The highest BCUT2D eigenvalue weighted by Gasteiger charge is 2.21. The smallest absolute Gasteiger partial charge is 0.255 e. The molecule has 1 N–H and O–H groups in total. The van der Waals surface area contributed by atoms with Crippen LogP contribution in [-0.4, -0.2) is 46.1 Å². The molecule has 1 heterocycles. The van der Waals surface area contributed by atoms with E-state index in [9.17, 15) is 9.59 Å². The molecule has 0 spiro atoms. The summed E-state index contributed by atoms with van der Waals surface area (Å²) in [5.41, 5.74) is 1.12. The molecule has 8 nitrogen and oxygen atoms in total. The van der Waals surface area contributed by atoms with Crippen LogP contribution in [0.15, 0.2) is 52.9 Å². The molecule has 180 valence electrons. The Morgan fingerprint density at radius 3 is 2.59 bits per heavy atom. The fraction of sp³-hybridized carbons (Fsp3) is 0.360. The number of benzene rings is 2. The molecule has 0 fully saturated rings. The molecule has 2 amide bonds. The average molecular weight is 485 g/mol. The number of aromatic nitrogens is 2. The molecule has 0 aliphatic heterocycles. The third-order valence-corrected chi connectivity index (χ3v) is 5.43. The molecule has 0 saturated heterocycles. The topological polar surface area (TPSA) is 97.6 Å². The molecular weight excluding hydrogens is 456 g/mol. The van der Waals surface area contributed by atoms with Crippen molar-refractivity contribution >= 4 is 23.4 Å². The molecule has 0 aliphatic rings. The van der Waals surface area contributed by atoms with Gasteiger partial charge in [-0.1, -0.05) is 35.9 Å². The number of nitrogens with one attached hydrogen (secondary N) is 1. The maximum absolute atomic E-state index is 12.9. The van der Waals surface area contributed by atoms with E-state index in [1.54, 1.807) is 35.2 Å². The van der Waals surface area contributed by atoms with Crippen LogP contribution in [0.1, 0.15) is 49.9 Å². The van der Waals surface area contributed by atoms with Gasteiger partial charge in [-0.2, -0.15) is 0 Å². The van der Waals surface area contributed by atoms with E-state index in [0.29, 0.717) is 53.3 Å². The number of para-hydroxylation sites is 1. The summed E-state index contributed by atoms with van der Waals surface area (Å²) in [5, 5.41) is 11.5. The van der Waals surface area contributed by atoms with Gasteiger partial charge in [0.2, 0.25) is 17.7 Å². The lowest BCUT2D eigenvalue weighted by Gasteiger charge is -2.25. The largest absolute Gasteiger partial charge is 0.493 e. The maximum atomic E-state index is 12.9. The Morgan fingerprint density at radius 2 is 1.85 bits per heavy atom. The first kappa shape index (κ1) is 25.2. The minimum Gasteiger partial charge on any atom is -0.493 e. The molecule has 0 radical (unpaired) electrons.